The molecule has 0 fully saturated rings. The van der Waals surface area contributed by atoms with E-state index in [0.29, 0.717) is 19.3 Å². The van der Waals surface area contributed by atoms with Crippen LogP contribution in [0.2, 0.25) is 0 Å². The second-order valence-electron chi connectivity index (χ2n) is 11.9. The number of aliphatic hydroxyl groups excluding tert-OH is 1. The van der Waals surface area contributed by atoms with E-state index >= 15 is 0 Å². The molecule has 8 heteroatoms. The number of carboxylic acids is 1. The van der Waals surface area contributed by atoms with Crippen LogP contribution in [0.25, 0.3) is 0 Å². The number of rotatable bonds is 27. The maximum atomic E-state index is 12.5. The van der Waals surface area contributed by atoms with Gasteiger partial charge >= 0.3 is 5.97 Å². The molecule has 0 aliphatic rings. The lowest BCUT2D eigenvalue weighted by molar-refractivity contribution is -0.227. The number of hydrogen-bond donors (Lipinski definition) is 3. The summed E-state index contributed by atoms with van der Waals surface area (Å²) in [6, 6.07) is 8.77. The highest BCUT2D eigenvalue weighted by molar-refractivity contribution is 7.81. The Kier molecular flexibility index (Phi) is 21.1. The molecule has 0 spiro atoms. The van der Waals surface area contributed by atoms with Crippen molar-refractivity contribution < 1.29 is 29.0 Å². The molecule has 0 amide bonds. The average Bonchev–Trinajstić information content (AvgIpc) is 2.99. The quantitative estimate of drug-likeness (QED) is 0.0389. The van der Waals surface area contributed by atoms with Crippen molar-refractivity contribution in [3.8, 4) is 0 Å². The Bertz CT molecular complexity index is 870. The van der Waals surface area contributed by atoms with Crippen molar-refractivity contribution in [1.29, 1.82) is 0 Å². The number of benzene rings is 1. The number of unbranched alkanes of at least 4 members (excludes halogenated alkanes) is 10. The van der Waals surface area contributed by atoms with Gasteiger partial charge in [0.25, 0.3) is 5.34 Å². The summed E-state index contributed by atoms with van der Waals surface area (Å²) in [6.07, 6.45) is 16.3. The van der Waals surface area contributed by atoms with E-state index in [-0.39, 0.29) is 12.5 Å². The lowest BCUT2D eigenvalue weighted by Crippen LogP contribution is -2.53. The predicted molar refractivity (Wildman–Crippen MR) is 180 cm³/mol. The van der Waals surface area contributed by atoms with Crippen LogP contribution < -0.4 is 0 Å². The fraction of sp³-hybridized carbons (Fsp3) is 0.794. The van der Waals surface area contributed by atoms with Gasteiger partial charge in [0, 0.05) is 6.61 Å². The highest BCUT2D eigenvalue weighted by Crippen LogP contribution is 2.43. The first kappa shape index (κ1) is 39.2. The molecule has 5 unspecified atom stereocenters. The number of aliphatic hydroxyl groups is 1. The van der Waals surface area contributed by atoms with Crippen LogP contribution in [0.1, 0.15) is 154 Å². The largest absolute Gasteiger partial charge is 0.479 e. The zero-order chi connectivity index (χ0) is 31.3. The Morgan fingerprint density at radius 3 is 2.07 bits per heavy atom. The van der Waals surface area contributed by atoms with Gasteiger partial charge in [-0.1, -0.05) is 123 Å². The van der Waals surface area contributed by atoms with Crippen molar-refractivity contribution in [2.75, 3.05) is 6.61 Å². The second-order valence-corrected chi connectivity index (χ2v) is 13.8. The molecule has 0 saturated heterocycles. The Morgan fingerprint density at radius 2 is 1.50 bits per heavy atom. The SMILES string of the molecule is CCCCCCCCCC(S)(CCC(CCCCCCC)c1cccc(CC)c1)OC([PH2]=O)(C(=O)O)C(O)OCCC. The summed E-state index contributed by atoms with van der Waals surface area (Å²) < 4.78 is 24.1. The maximum Gasteiger partial charge on any atom is 0.348 e. The molecule has 0 aliphatic carbocycles. The van der Waals surface area contributed by atoms with Crippen molar-refractivity contribution in [3.05, 3.63) is 35.4 Å². The van der Waals surface area contributed by atoms with E-state index in [1.165, 1.54) is 62.5 Å². The van der Waals surface area contributed by atoms with E-state index in [2.05, 4.69) is 45.0 Å². The summed E-state index contributed by atoms with van der Waals surface area (Å²) in [7, 11) is -2.05. The zero-order valence-corrected chi connectivity index (χ0v) is 29.0. The first-order chi connectivity index (χ1) is 20.2. The minimum absolute atomic E-state index is 0.143. The lowest BCUT2D eigenvalue weighted by atomic mass is 9.86. The van der Waals surface area contributed by atoms with Gasteiger partial charge in [-0.2, -0.15) is 0 Å². The summed E-state index contributed by atoms with van der Waals surface area (Å²) in [5.41, 5.74) is 2.60. The van der Waals surface area contributed by atoms with E-state index in [4.69, 9.17) is 22.1 Å². The molecule has 0 bridgehead atoms. The van der Waals surface area contributed by atoms with Gasteiger partial charge in [-0.3, -0.25) is 0 Å². The second kappa shape index (κ2) is 22.6. The van der Waals surface area contributed by atoms with Crippen LogP contribution >= 0.6 is 21.1 Å². The van der Waals surface area contributed by atoms with Gasteiger partial charge < -0.3 is 24.3 Å². The average molecular weight is 629 g/mol. The molecule has 1 rings (SSSR count). The molecule has 6 nitrogen and oxygen atoms in total. The third kappa shape index (κ3) is 14.3. The van der Waals surface area contributed by atoms with Crippen LogP contribution in [-0.2, 0) is 25.3 Å². The number of aryl methyl sites for hydroxylation is 1. The number of carboxylic acid groups (broad SMARTS) is 1. The van der Waals surface area contributed by atoms with Crippen LogP contribution in [0.3, 0.4) is 0 Å². The smallest absolute Gasteiger partial charge is 0.348 e. The van der Waals surface area contributed by atoms with Gasteiger partial charge in [0.1, 0.15) is 13.4 Å². The van der Waals surface area contributed by atoms with Crippen LogP contribution in [0.4, 0.5) is 0 Å². The number of ether oxygens (including phenoxy) is 2. The van der Waals surface area contributed by atoms with Crippen molar-refractivity contribution in [2.45, 2.75) is 166 Å². The number of thiol groups is 1. The summed E-state index contributed by atoms with van der Waals surface area (Å²) in [4.78, 5) is 11.3. The Labute approximate surface area is 263 Å². The molecule has 1 aromatic carbocycles. The summed E-state index contributed by atoms with van der Waals surface area (Å²) in [5.74, 6) is -1.19. The van der Waals surface area contributed by atoms with Crippen LogP contribution in [-0.4, -0.2) is 39.4 Å². The Balaban J connectivity index is 3.20. The fourth-order valence-electron chi connectivity index (χ4n) is 5.52. The van der Waals surface area contributed by atoms with Crippen LogP contribution in [0, 0.1) is 0 Å². The highest BCUT2D eigenvalue weighted by Gasteiger charge is 2.52. The molecule has 0 aliphatic heterocycles. The first-order valence-electron chi connectivity index (χ1n) is 16.7. The lowest BCUT2D eigenvalue weighted by Gasteiger charge is -2.39. The molecule has 0 aromatic heterocycles. The third-order valence-corrected chi connectivity index (χ3v) is 9.79. The van der Waals surface area contributed by atoms with Gasteiger partial charge in [0.15, 0.2) is 0 Å². The third-order valence-electron chi connectivity index (χ3n) is 8.26. The maximum absolute atomic E-state index is 12.5. The minimum atomic E-state index is -2.34. The predicted octanol–water partition coefficient (Wildman–Crippen LogP) is 9.54. The van der Waals surface area contributed by atoms with Gasteiger partial charge in [-0.25, -0.2) is 4.79 Å². The van der Waals surface area contributed by atoms with Gasteiger partial charge in [-0.15, -0.1) is 12.6 Å². The monoisotopic (exact) mass is 628 g/mol. The van der Waals surface area contributed by atoms with Gasteiger partial charge in [0.2, 0.25) is 6.29 Å². The molecular weight excluding hydrogens is 567 g/mol. The molecule has 0 heterocycles. The molecule has 2 N–H and O–H groups in total. The summed E-state index contributed by atoms with van der Waals surface area (Å²) >= 11 is 4.99. The van der Waals surface area contributed by atoms with E-state index in [1.807, 2.05) is 6.92 Å². The van der Waals surface area contributed by atoms with E-state index in [1.54, 1.807) is 0 Å². The molecule has 1 aromatic rings. The topological polar surface area (TPSA) is 93.1 Å². The number of aliphatic carboxylic acids is 1. The Hall–Kier alpha value is -0.850. The number of hydrogen-bond acceptors (Lipinski definition) is 6. The van der Waals surface area contributed by atoms with E-state index < -0.39 is 31.0 Å². The molecule has 5 atom stereocenters. The van der Waals surface area contributed by atoms with E-state index in [0.717, 1.165) is 44.9 Å². The van der Waals surface area contributed by atoms with Crippen molar-refractivity contribution in [1.82, 2.24) is 0 Å². The molecule has 42 heavy (non-hydrogen) atoms. The summed E-state index contributed by atoms with van der Waals surface area (Å²) in [5, 5.41) is 18.6. The van der Waals surface area contributed by atoms with Crippen molar-refractivity contribution in [3.63, 3.8) is 0 Å². The van der Waals surface area contributed by atoms with Crippen LogP contribution in [0.5, 0.6) is 0 Å². The zero-order valence-electron chi connectivity index (χ0n) is 27.0. The number of carbonyl (C=O) groups is 1. The molecule has 0 radical (unpaired) electrons. The van der Waals surface area contributed by atoms with Crippen molar-refractivity contribution in [2.24, 2.45) is 0 Å². The van der Waals surface area contributed by atoms with Gasteiger partial charge in [0.05, 0.1) is 0 Å². The standard InChI is InChI=1S/C34H61O6PS/c1-5-9-11-13-14-16-18-24-33(42,40-34(41-38,31(35)36)32(37)39-26-7-3)25-23-29(21-17-15-12-10-6-2)30-22-19-20-28(8-4)27-30/h19-20,22,27,29,32,37,42H,5-18,21,23-26,41H2,1-4H3,(H,35,36). The molecule has 0 saturated carbocycles. The fourth-order valence-corrected chi connectivity index (χ4v) is 6.65. The molecule has 244 valence electrons. The minimum Gasteiger partial charge on any atom is -0.479 e. The Morgan fingerprint density at radius 1 is 0.881 bits per heavy atom. The van der Waals surface area contributed by atoms with Crippen LogP contribution in [0.15, 0.2) is 24.3 Å². The van der Waals surface area contributed by atoms with Crippen molar-refractivity contribution >= 4 is 27.1 Å². The summed E-state index contributed by atoms with van der Waals surface area (Å²) in [6.45, 7) is 8.59. The first-order valence-corrected chi connectivity index (χ1v) is 18.2. The highest BCUT2D eigenvalue weighted by atomic mass is 32.1. The van der Waals surface area contributed by atoms with Gasteiger partial charge in [-0.05, 0) is 62.0 Å². The molecular formula is C34H61O6PS. The van der Waals surface area contributed by atoms with E-state index in [9.17, 15) is 19.6 Å². The normalized spacial score (nSPS) is 16.3.